The third-order valence-electron chi connectivity index (χ3n) is 6.08. The zero-order valence-electron chi connectivity index (χ0n) is 16.9. The Hall–Kier alpha value is -2.19. The van der Waals surface area contributed by atoms with Crippen molar-refractivity contribution < 1.29 is 23.9 Å². The molecule has 1 saturated heterocycles. The molecule has 2 fully saturated rings. The Morgan fingerprint density at radius 1 is 1.27 bits per heavy atom. The van der Waals surface area contributed by atoms with Gasteiger partial charge in [0.05, 0.1) is 0 Å². The molecule has 0 radical (unpaired) electrons. The lowest BCUT2D eigenvalue weighted by Gasteiger charge is -2.31. The molecule has 1 unspecified atom stereocenters. The third kappa shape index (κ3) is 4.92. The Balaban J connectivity index is 1.53. The molecule has 1 aromatic rings. The summed E-state index contributed by atoms with van der Waals surface area (Å²) in [7, 11) is 1.63. The number of nitrogens with one attached hydrogen (secondary N) is 2. The van der Waals surface area contributed by atoms with Gasteiger partial charge in [-0.05, 0) is 55.4 Å². The van der Waals surface area contributed by atoms with E-state index >= 15 is 0 Å². The minimum absolute atomic E-state index is 0.00909. The van der Waals surface area contributed by atoms with Gasteiger partial charge in [-0.3, -0.25) is 14.4 Å². The molecular weight excluding hydrogens is 413 g/mol. The van der Waals surface area contributed by atoms with E-state index in [9.17, 15) is 23.9 Å². The van der Waals surface area contributed by atoms with Gasteiger partial charge < -0.3 is 20.6 Å². The van der Waals surface area contributed by atoms with Crippen LogP contribution >= 0.6 is 11.6 Å². The summed E-state index contributed by atoms with van der Waals surface area (Å²) in [5.41, 5.74) is -1.68. The van der Waals surface area contributed by atoms with Crippen molar-refractivity contribution in [1.29, 1.82) is 0 Å². The summed E-state index contributed by atoms with van der Waals surface area (Å²) in [6, 6.07) is 3.89. The van der Waals surface area contributed by atoms with Gasteiger partial charge >= 0.3 is 0 Å². The number of rotatable bonds is 6. The van der Waals surface area contributed by atoms with Crippen LogP contribution in [0.4, 0.5) is 4.39 Å². The van der Waals surface area contributed by atoms with Crippen LogP contribution in [-0.2, 0) is 20.9 Å². The number of hydrogen-bond donors (Lipinski definition) is 3. The number of halogens is 2. The molecule has 7 nitrogen and oxygen atoms in total. The van der Waals surface area contributed by atoms with Gasteiger partial charge in [-0.25, -0.2) is 4.39 Å². The number of carbonyl (C=O) groups is 3. The highest BCUT2D eigenvalue weighted by Gasteiger charge is 2.51. The topological polar surface area (TPSA) is 98.7 Å². The summed E-state index contributed by atoms with van der Waals surface area (Å²) in [4.78, 5) is 38.6. The fourth-order valence-electron chi connectivity index (χ4n) is 4.32. The highest BCUT2D eigenvalue weighted by Crippen LogP contribution is 2.32. The minimum Gasteiger partial charge on any atom is -0.372 e. The van der Waals surface area contributed by atoms with Crippen LogP contribution in [0.5, 0.6) is 0 Å². The van der Waals surface area contributed by atoms with Crippen LogP contribution in [0.3, 0.4) is 0 Å². The molecule has 1 aliphatic heterocycles. The number of carbonyl (C=O) groups excluding carboxylic acids is 3. The first-order valence-corrected chi connectivity index (χ1v) is 10.6. The fraction of sp³-hybridized carbons (Fsp3) is 0.571. The molecule has 3 amide bonds. The van der Waals surface area contributed by atoms with Gasteiger partial charge in [-0.1, -0.05) is 11.6 Å². The first-order valence-electron chi connectivity index (χ1n) is 10.2. The van der Waals surface area contributed by atoms with E-state index < -0.39 is 23.2 Å². The highest BCUT2D eigenvalue weighted by molar-refractivity contribution is 6.30. The SMILES string of the molecule is CNC(=O)C1CCC(CN2CCC(O)(C(=O)NCc3cc(F)cc(Cl)c3)C2=O)CC1. The molecule has 0 spiro atoms. The number of likely N-dealkylation sites (tertiary alicyclic amines) is 1. The molecule has 0 aromatic heterocycles. The number of amides is 3. The second kappa shape index (κ2) is 9.31. The van der Waals surface area contributed by atoms with E-state index in [1.165, 1.54) is 17.0 Å². The minimum atomic E-state index is -2.11. The summed E-state index contributed by atoms with van der Waals surface area (Å²) >= 11 is 5.80. The van der Waals surface area contributed by atoms with Crippen LogP contribution in [0.25, 0.3) is 0 Å². The predicted octanol–water partition coefficient (Wildman–Crippen LogP) is 1.61. The molecule has 1 aliphatic carbocycles. The number of nitrogens with zero attached hydrogens (tertiary/aromatic N) is 1. The van der Waals surface area contributed by atoms with E-state index in [-0.39, 0.29) is 35.7 Å². The van der Waals surface area contributed by atoms with E-state index in [2.05, 4.69) is 10.6 Å². The van der Waals surface area contributed by atoms with E-state index in [0.717, 1.165) is 31.7 Å². The van der Waals surface area contributed by atoms with Crippen molar-refractivity contribution in [3.05, 3.63) is 34.6 Å². The summed E-state index contributed by atoms with van der Waals surface area (Å²) in [5, 5.41) is 16.1. The van der Waals surface area contributed by atoms with Crippen LogP contribution in [0.15, 0.2) is 18.2 Å². The largest absolute Gasteiger partial charge is 0.372 e. The molecule has 0 bridgehead atoms. The molecule has 164 valence electrons. The molecule has 1 aromatic carbocycles. The van der Waals surface area contributed by atoms with Crippen LogP contribution in [0.1, 0.15) is 37.7 Å². The normalized spacial score (nSPS) is 26.5. The lowest BCUT2D eigenvalue weighted by atomic mass is 9.81. The molecular formula is C21H27ClFN3O4. The van der Waals surface area contributed by atoms with E-state index in [4.69, 9.17) is 11.6 Å². The maximum atomic E-state index is 13.4. The quantitative estimate of drug-likeness (QED) is 0.586. The highest BCUT2D eigenvalue weighted by atomic mass is 35.5. The van der Waals surface area contributed by atoms with Crippen molar-refractivity contribution in [2.75, 3.05) is 20.1 Å². The first-order chi connectivity index (χ1) is 14.2. The lowest BCUT2D eigenvalue weighted by Crippen LogP contribution is -2.52. The number of benzene rings is 1. The van der Waals surface area contributed by atoms with Crippen LogP contribution in [0.2, 0.25) is 5.02 Å². The molecule has 1 atom stereocenters. The standard InChI is InChI=1S/C21H27ClFN3O4/c1-24-18(27)15-4-2-13(3-5-15)12-26-7-6-21(30,20(26)29)19(28)25-11-14-8-16(22)10-17(23)9-14/h8-10,13,15,30H,2-7,11-12H2,1H3,(H,24,27)(H,25,28). The second-order valence-corrected chi connectivity index (χ2v) is 8.59. The number of aliphatic hydroxyl groups is 1. The number of hydrogen-bond acceptors (Lipinski definition) is 4. The van der Waals surface area contributed by atoms with Crippen molar-refractivity contribution in [3.63, 3.8) is 0 Å². The fourth-order valence-corrected chi connectivity index (χ4v) is 4.56. The predicted molar refractivity (Wildman–Crippen MR) is 109 cm³/mol. The Labute approximate surface area is 180 Å². The molecule has 1 saturated carbocycles. The van der Waals surface area contributed by atoms with Crippen LogP contribution in [-0.4, -0.2) is 53.5 Å². The van der Waals surface area contributed by atoms with Gasteiger partial charge in [0, 0.05) is 44.0 Å². The zero-order valence-corrected chi connectivity index (χ0v) is 17.7. The van der Waals surface area contributed by atoms with Crippen molar-refractivity contribution in [3.8, 4) is 0 Å². The Morgan fingerprint density at radius 3 is 2.60 bits per heavy atom. The molecule has 9 heteroatoms. The first kappa shape index (κ1) is 22.5. The van der Waals surface area contributed by atoms with Crippen molar-refractivity contribution in [2.45, 2.75) is 44.2 Å². The summed E-state index contributed by atoms with van der Waals surface area (Å²) < 4.78 is 13.4. The van der Waals surface area contributed by atoms with E-state index in [0.29, 0.717) is 18.7 Å². The Bertz CT molecular complexity index is 808. The summed E-state index contributed by atoms with van der Waals surface area (Å²) in [6.07, 6.45) is 3.20. The lowest BCUT2D eigenvalue weighted by molar-refractivity contribution is -0.154. The Kier molecular flexibility index (Phi) is 6.98. The van der Waals surface area contributed by atoms with Gasteiger partial charge in [-0.2, -0.15) is 0 Å². The molecule has 3 rings (SSSR count). The van der Waals surface area contributed by atoms with Gasteiger partial charge in [0.2, 0.25) is 11.5 Å². The van der Waals surface area contributed by atoms with Gasteiger partial charge in [-0.15, -0.1) is 0 Å². The van der Waals surface area contributed by atoms with Crippen molar-refractivity contribution in [2.24, 2.45) is 11.8 Å². The van der Waals surface area contributed by atoms with Gasteiger partial charge in [0.1, 0.15) is 5.82 Å². The van der Waals surface area contributed by atoms with Crippen LogP contribution in [0, 0.1) is 17.7 Å². The van der Waals surface area contributed by atoms with Gasteiger partial charge in [0.15, 0.2) is 0 Å². The van der Waals surface area contributed by atoms with Crippen LogP contribution < -0.4 is 10.6 Å². The monoisotopic (exact) mass is 439 g/mol. The molecule has 2 aliphatic rings. The van der Waals surface area contributed by atoms with E-state index in [1.807, 2.05) is 0 Å². The van der Waals surface area contributed by atoms with E-state index in [1.54, 1.807) is 7.05 Å². The Morgan fingerprint density at radius 2 is 1.97 bits per heavy atom. The zero-order chi connectivity index (χ0) is 21.9. The maximum Gasteiger partial charge on any atom is 0.264 e. The van der Waals surface area contributed by atoms with Gasteiger partial charge in [0.25, 0.3) is 11.8 Å². The van der Waals surface area contributed by atoms with Crippen molar-refractivity contribution >= 4 is 29.3 Å². The van der Waals surface area contributed by atoms with Crippen molar-refractivity contribution in [1.82, 2.24) is 15.5 Å². The summed E-state index contributed by atoms with van der Waals surface area (Å²) in [5.74, 6) is -1.62. The molecule has 1 heterocycles. The summed E-state index contributed by atoms with van der Waals surface area (Å²) in [6.45, 7) is 0.716. The molecule has 30 heavy (non-hydrogen) atoms. The smallest absolute Gasteiger partial charge is 0.264 e. The average Bonchev–Trinajstić information content (AvgIpc) is 3.01. The molecule has 3 N–H and O–H groups in total. The maximum absolute atomic E-state index is 13.4. The third-order valence-corrected chi connectivity index (χ3v) is 6.30. The average molecular weight is 440 g/mol. The second-order valence-electron chi connectivity index (χ2n) is 8.15.